The summed E-state index contributed by atoms with van der Waals surface area (Å²) in [6, 6.07) is 1.49. The average Bonchev–Trinajstić information content (AvgIpc) is 2.48. The van der Waals surface area contributed by atoms with Crippen LogP contribution in [0.15, 0.2) is 23.4 Å². The van der Waals surface area contributed by atoms with E-state index in [0.717, 1.165) is 13.1 Å². The molecule has 1 aromatic rings. The molecule has 0 atom stereocenters. The highest BCUT2D eigenvalue weighted by Crippen LogP contribution is 2.10. The normalized spacial score (nSPS) is 17.2. The van der Waals surface area contributed by atoms with Gasteiger partial charge >= 0.3 is 0 Å². The van der Waals surface area contributed by atoms with Gasteiger partial charge in [0, 0.05) is 44.1 Å². The second-order valence-corrected chi connectivity index (χ2v) is 6.46. The minimum Gasteiger partial charge on any atom is -0.320 e. The standard InChI is InChI=1S/C13H19N5O2S/c1-17-5-7-18(8-6-17)16-21(19,20)13-9-12(3-2-4-14)10-15-11-13/h9-11,16H,4-8,14H2,1H3. The van der Waals surface area contributed by atoms with Crippen molar-refractivity contribution >= 4 is 10.0 Å². The van der Waals surface area contributed by atoms with Crippen LogP contribution < -0.4 is 10.6 Å². The van der Waals surface area contributed by atoms with E-state index in [0.29, 0.717) is 18.7 Å². The van der Waals surface area contributed by atoms with Gasteiger partial charge in [-0.2, -0.15) is 0 Å². The lowest BCUT2D eigenvalue weighted by Gasteiger charge is -2.32. The number of nitrogens with zero attached hydrogens (tertiary/aromatic N) is 3. The highest BCUT2D eigenvalue weighted by atomic mass is 32.2. The van der Waals surface area contributed by atoms with Gasteiger partial charge in [0.25, 0.3) is 10.0 Å². The summed E-state index contributed by atoms with van der Waals surface area (Å²) in [5.74, 6) is 5.45. The number of nitrogens with one attached hydrogen (secondary N) is 1. The Morgan fingerprint density at radius 2 is 2.05 bits per heavy atom. The van der Waals surface area contributed by atoms with E-state index in [9.17, 15) is 8.42 Å². The number of aromatic nitrogens is 1. The Morgan fingerprint density at radius 1 is 1.33 bits per heavy atom. The number of sulfonamides is 1. The predicted octanol–water partition coefficient (Wildman–Crippen LogP) is -1.17. The van der Waals surface area contributed by atoms with Crippen molar-refractivity contribution in [1.29, 1.82) is 0 Å². The van der Waals surface area contributed by atoms with Crippen LogP contribution in [-0.4, -0.2) is 63.1 Å². The molecule has 2 rings (SSSR count). The lowest BCUT2D eigenvalue weighted by Crippen LogP contribution is -2.52. The molecule has 0 unspecified atom stereocenters. The number of likely N-dealkylation sites (N-methyl/N-ethyl adjacent to an activating group) is 1. The largest absolute Gasteiger partial charge is 0.320 e. The zero-order valence-electron chi connectivity index (χ0n) is 11.9. The van der Waals surface area contributed by atoms with Gasteiger partial charge in [-0.25, -0.2) is 13.4 Å². The van der Waals surface area contributed by atoms with E-state index in [-0.39, 0.29) is 11.4 Å². The molecule has 0 bridgehead atoms. The molecule has 8 heteroatoms. The Labute approximate surface area is 125 Å². The van der Waals surface area contributed by atoms with E-state index in [4.69, 9.17) is 5.73 Å². The molecule has 1 fully saturated rings. The third-order valence-electron chi connectivity index (χ3n) is 3.11. The molecule has 0 amide bonds. The van der Waals surface area contributed by atoms with Crippen molar-refractivity contribution in [2.75, 3.05) is 39.8 Å². The van der Waals surface area contributed by atoms with Crippen LogP contribution in [0, 0.1) is 11.8 Å². The number of rotatable bonds is 3. The molecule has 1 saturated heterocycles. The number of hydrogen-bond acceptors (Lipinski definition) is 6. The van der Waals surface area contributed by atoms with Gasteiger partial charge in [-0.1, -0.05) is 11.8 Å². The quantitative estimate of drug-likeness (QED) is 0.684. The van der Waals surface area contributed by atoms with Gasteiger partial charge in [-0.3, -0.25) is 4.98 Å². The van der Waals surface area contributed by atoms with E-state index in [1.807, 2.05) is 7.05 Å². The van der Waals surface area contributed by atoms with Crippen molar-refractivity contribution < 1.29 is 8.42 Å². The summed E-state index contributed by atoms with van der Waals surface area (Å²) in [6.07, 6.45) is 2.82. The van der Waals surface area contributed by atoms with Gasteiger partial charge < -0.3 is 10.6 Å². The van der Waals surface area contributed by atoms with Gasteiger partial charge in [-0.05, 0) is 13.1 Å². The fourth-order valence-corrected chi connectivity index (χ4v) is 3.02. The number of hydrazine groups is 1. The molecule has 1 aromatic heterocycles. The average molecular weight is 309 g/mol. The predicted molar refractivity (Wildman–Crippen MR) is 79.6 cm³/mol. The van der Waals surface area contributed by atoms with E-state index < -0.39 is 10.0 Å². The van der Waals surface area contributed by atoms with Gasteiger partial charge in [-0.15, -0.1) is 4.83 Å². The molecule has 0 spiro atoms. The van der Waals surface area contributed by atoms with Crippen molar-refractivity contribution in [3.05, 3.63) is 24.0 Å². The first-order valence-corrected chi connectivity index (χ1v) is 8.09. The fraction of sp³-hybridized carbons (Fsp3) is 0.462. The van der Waals surface area contributed by atoms with Crippen LogP contribution in [0.25, 0.3) is 0 Å². The summed E-state index contributed by atoms with van der Waals surface area (Å²) in [5.41, 5.74) is 5.83. The fourth-order valence-electron chi connectivity index (χ4n) is 1.91. The molecule has 0 aromatic carbocycles. The zero-order valence-corrected chi connectivity index (χ0v) is 12.7. The highest BCUT2D eigenvalue weighted by Gasteiger charge is 2.21. The van der Waals surface area contributed by atoms with E-state index in [1.54, 1.807) is 5.01 Å². The third-order valence-corrected chi connectivity index (χ3v) is 4.45. The van der Waals surface area contributed by atoms with E-state index in [2.05, 4.69) is 26.6 Å². The van der Waals surface area contributed by atoms with Crippen LogP contribution in [0.3, 0.4) is 0 Å². The van der Waals surface area contributed by atoms with Gasteiger partial charge in [0.15, 0.2) is 0 Å². The Hall–Kier alpha value is -1.50. The molecule has 1 aliphatic rings. The summed E-state index contributed by atoms with van der Waals surface area (Å²) >= 11 is 0. The van der Waals surface area contributed by atoms with Crippen molar-refractivity contribution in [2.45, 2.75) is 4.90 Å². The van der Waals surface area contributed by atoms with Gasteiger partial charge in [0.1, 0.15) is 4.90 Å². The number of piperazine rings is 1. The topological polar surface area (TPSA) is 91.6 Å². The summed E-state index contributed by atoms with van der Waals surface area (Å²) in [4.78, 5) is 8.75. The summed E-state index contributed by atoms with van der Waals surface area (Å²) in [6.45, 7) is 3.16. The van der Waals surface area contributed by atoms with E-state index in [1.165, 1.54) is 18.5 Å². The van der Waals surface area contributed by atoms with Crippen molar-refractivity contribution in [3.8, 4) is 11.8 Å². The summed E-state index contributed by atoms with van der Waals surface area (Å²) < 4.78 is 24.7. The Morgan fingerprint density at radius 3 is 2.71 bits per heavy atom. The van der Waals surface area contributed by atoms with Crippen LogP contribution in [0.5, 0.6) is 0 Å². The molecule has 21 heavy (non-hydrogen) atoms. The first-order valence-electron chi connectivity index (χ1n) is 6.61. The molecule has 1 aliphatic heterocycles. The molecule has 7 nitrogen and oxygen atoms in total. The Bertz CT molecular complexity index is 642. The van der Waals surface area contributed by atoms with E-state index >= 15 is 0 Å². The maximum Gasteiger partial charge on any atom is 0.255 e. The smallest absolute Gasteiger partial charge is 0.255 e. The van der Waals surface area contributed by atoms with Crippen LogP contribution >= 0.6 is 0 Å². The Kier molecular flexibility index (Phi) is 5.27. The molecular formula is C13H19N5O2S. The van der Waals surface area contributed by atoms with Gasteiger partial charge in [0.2, 0.25) is 0 Å². The minimum absolute atomic E-state index is 0.102. The second kappa shape index (κ2) is 6.98. The molecule has 114 valence electrons. The van der Waals surface area contributed by atoms with Crippen molar-refractivity contribution in [1.82, 2.24) is 19.7 Å². The van der Waals surface area contributed by atoms with Crippen LogP contribution in [0.1, 0.15) is 5.56 Å². The Balaban J connectivity index is 2.12. The number of pyridine rings is 1. The second-order valence-electron chi connectivity index (χ2n) is 4.80. The van der Waals surface area contributed by atoms with Crippen molar-refractivity contribution in [2.24, 2.45) is 5.73 Å². The third kappa shape index (κ3) is 4.49. The van der Waals surface area contributed by atoms with Crippen molar-refractivity contribution in [3.63, 3.8) is 0 Å². The lowest BCUT2D eigenvalue weighted by atomic mass is 10.3. The van der Waals surface area contributed by atoms with Crippen LogP contribution in [0.4, 0.5) is 0 Å². The molecule has 2 heterocycles. The zero-order chi connectivity index (χ0) is 15.3. The van der Waals surface area contributed by atoms with Gasteiger partial charge in [0.05, 0.1) is 6.54 Å². The van der Waals surface area contributed by atoms with Crippen LogP contribution in [-0.2, 0) is 10.0 Å². The number of hydrogen-bond donors (Lipinski definition) is 2. The maximum atomic E-state index is 12.3. The number of nitrogens with two attached hydrogens (primary N) is 1. The summed E-state index contributed by atoms with van der Waals surface area (Å²) in [7, 11) is -1.62. The first-order chi connectivity index (χ1) is 10.0. The molecule has 0 radical (unpaired) electrons. The molecule has 0 aliphatic carbocycles. The molecule has 3 N–H and O–H groups in total. The monoisotopic (exact) mass is 309 g/mol. The maximum absolute atomic E-state index is 12.3. The SMILES string of the molecule is CN1CCN(NS(=O)(=O)c2cncc(C#CCN)c2)CC1. The summed E-state index contributed by atoms with van der Waals surface area (Å²) in [5, 5.41) is 1.70. The van der Waals surface area contributed by atoms with Crippen LogP contribution in [0.2, 0.25) is 0 Å². The lowest BCUT2D eigenvalue weighted by molar-refractivity contribution is 0.135. The molecular weight excluding hydrogens is 290 g/mol. The first kappa shape index (κ1) is 15.9. The molecule has 0 saturated carbocycles. The highest BCUT2D eigenvalue weighted by molar-refractivity contribution is 7.89. The minimum atomic E-state index is -3.63.